The summed E-state index contributed by atoms with van der Waals surface area (Å²) < 4.78 is 0. The SMILES string of the molecule is CC(=O)Nc1cccc(C(=O)N2CCN(c3ccc4ccccc4n3)CC2)c1. The number of para-hydroxylation sites is 1. The summed E-state index contributed by atoms with van der Waals surface area (Å²) in [5, 5.41) is 3.84. The van der Waals surface area contributed by atoms with Crippen LogP contribution in [0.5, 0.6) is 0 Å². The van der Waals surface area contributed by atoms with E-state index in [1.807, 2.05) is 29.2 Å². The third-order valence-electron chi connectivity index (χ3n) is 4.90. The highest BCUT2D eigenvalue weighted by Crippen LogP contribution is 2.20. The monoisotopic (exact) mass is 374 g/mol. The van der Waals surface area contributed by atoms with E-state index in [4.69, 9.17) is 4.98 Å². The molecule has 1 fully saturated rings. The molecule has 0 spiro atoms. The largest absolute Gasteiger partial charge is 0.353 e. The van der Waals surface area contributed by atoms with Crippen LogP contribution in [-0.2, 0) is 4.79 Å². The molecule has 4 rings (SSSR count). The first-order chi connectivity index (χ1) is 13.6. The van der Waals surface area contributed by atoms with E-state index in [-0.39, 0.29) is 11.8 Å². The number of anilines is 2. The minimum absolute atomic E-state index is 0.0154. The van der Waals surface area contributed by atoms with Gasteiger partial charge >= 0.3 is 0 Å². The molecule has 0 radical (unpaired) electrons. The van der Waals surface area contributed by atoms with Gasteiger partial charge in [-0.15, -0.1) is 0 Å². The molecule has 1 aliphatic rings. The minimum atomic E-state index is -0.152. The Labute approximate surface area is 163 Å². The van der Waals surface area contributed by atoms with Crippen LogP contribution in [-0.4, -0.2) is 47.9 Å². The fourth-order valence-electron chi connectivity index (χ4n) is 3.49. The lowest BCUT2D eigenvalue weighted by Crippen LogP contribution is -2.49. The van der Waals surface area contributed by atoms with Crippen molar-refractivity contribution in [2.75, 3.05) is 36.4 Å². The van der Waals surface area contributed by atoms with Crippen LogP contribution in [0, 0.1) is 0 Å². The van der Waals surface area contributed by atoms with Crippen LogP contribution in [0.4, 0.5) is 11.5 Å². The van der Waals surface area contributed by atoms with Crippen molar-refractivity contribution < 1.29 is 9.59 Å². The fraction of sp³-hybridized carbons (Fsp3) is 0.227. The quantitative estimate of drug-likeness (QED) is 0.765. The molecule has 3 aromatic rings. The van der Waals surface area contributed by atoms with Crippen LogP contribution in [0.2, 0.25) is 0 Å². The van der Waals surface area contributed by atoms with Gasteiger partial charge in [-0.1, -0.05) is 24.3 Å². The van der Waals surface area contributed by atoms with Crippen molar-refractivity contribution in [1.82, 2.24) is 9.88 Å². The third-order valence-corrected chi connectivity index (χ3v) is 4.90. The molecular weight excluding hydrogens is 352 g/mol. The molecule has 0 bridgehead atoms. The Hall–Kier alpha value is -3.41. The topological polar surface area (TPSA) is 65.5 Å². The molecule has 6 nitrogen and oxygen atoms in total. The lowest BCUT2D eigenvalue weighted by atomic mass is 10.1. The van der Waals surface area contributed by atoms with Crippen LogP contribution >= 0.6 is 0 Å². The van der Waals surface area contributed by atoms with Crippen LogP contribution in [0.25, 0.3) is 10.9 Å². The lowest BCUT2D eigenvalue weighted by molar-refractivity contribution is -0.114. The number of nitrogens with one attached hydrogen (secondary N) is 1. The number of benzene rings is 2. The highest BCUT2D eigenvalue weighted by molar-refractivity contribution is 5.97. The number of amides is 2. The zero-order valence-electron chi connectivity index (χ0n) is 15.8. The van der Waals surface area contributed by atoms with Gasteiger partial charge < -0.3 is 15.1 Å². The average Bonchev–Trinajstić information content (AvgIpc) is 2.73. The normalized spacial score (nSPS) is 14.2. The number of piperazine rings is 1. The van der Waals surface area contributed by atoms with Crippen molar-refractivity contribution in [3.05, 3.63) is 66.2 Å². The van der Waals surface area contributed by atoms with Crippen LogP contribution in [0.15, 0.2) is 60.7 Å². The molecule has 2 amide bonds. The molecule has 0 saturated carbocycles. The van der Waals surface area contributed by atoms with Gasteiger partial charge in [0, 0.05) is 49.7 Å². The Morgan fingerprint density at radius 1 is 0.929 bits per heavy atom. The van der Waals surface area contributed by atoms with Crippen molar-refractivity contribution in [2.45, 2.75) is 6.92 Å². The molecule has 2 heterocycles. The number of rotatable bonds is 3. The van der Waals surface area contributed by atoms with E-state index in [9.17, 15) is 9.59 Å². The van der Waals surface area contributed by atoms with Gasteiger partial charge in [0.1, 0.15) is 5.82 Å². The zero-order chi connectivity index (χ0) is 19.5. The van der Waals surface area contributed by atoms with Crippen molar-refractivity contribution >= 4 is 34.2 Å². The molecule has 0 aliphatic carbocycles. The maximum absolute atomic E-state index is 12.8. The predicted molar refractivity (Wildman–Crippen MR) is 111 cm³/mol. The van der Waals surface area contributed by atoms with E-state index < -0.39 is 0 Å². The number of carbonyl (C=O) groups excluding carboxylic acids is 2. The Kier molecular flexibility index (Phi) is 4.93. The van der Waals surface area contributed by atoms with E-state index >= 15 is 0 Å². The molecule has 6 heteroatoms. The fourth-order valence-corrected chi connectivity index (χ4v) is 3.49. The summed E-state index contributed by atoms with van der Waals surface area (Å²) >= 11 is 0. The lowest BCUT2D eigenvalue weighted by Gasteiger charge is -2.35. The molecule has 1 saturated heterocycles. The van der Waals surface area contributed by atoms with Crippen molar-refractivity contribution in [1.29, 1.82) is 0 Å². The molecule has 0 atom stereocenters. The summed E-state index contributed by atoms with van der Waals surface area (Å²) in [6.45, 7) is 4.20. The second-order valence-electron chi connectivity index (χ2n) is 6.90. The second kappa shape index (κ2) is 7.68. The maximum Gasteiger partial charge on any atom is 0.254 e. The molecule has 28 heavy (non-hydrogen) atoms. The highest BCUT2D eigenvalue weighted by atomic mass is 16.2. The van der Waals surface area contributed by atoms with Gasteiger partial charge in [-0.25, -0.2) is 4.98 Å². The molecular formula is C22H22N4O2. The van der Waals surface area contributed by atoms with E-state index in [0.717, 1.165) is 29.8 Å². The second-order valence-corrected chi connectivity index (χ2v) is 6.90. The number of fused-ring (bicyclic) bond motifs is 1. The van der Waals surface area contributed by atoms with Gasteiger partial charge in [-0.05, 0) is 36.4 Å². The van der Waals surface area contributed by atoms with Gasteiger partial charge in [-0.3, -0.25) is 9.59 Å². The summed E-state index contributed by atoms with van der Waals surface area (Å²) in [4.78, 5) is 32.9. The van der Waals surface area contributed by atoms with Crippen LogP contribution in [0.1, 0.15) is 17.3 Å². The van der Waals surface area contributed by atoms with Crippen molar-refractivity contribution in [2.24, 2.45) is 0 Å². The highest BCUT2D eigenvalue weighted by Gasteiger charge is 2.23. The van der Waals surface area contributed by atoms with E-state index in [2.05, 4.69) is 22.3 Å². The summed E-state index contributed by atoms with van der Waals surface area (Å²) in [6, 6.07) is 19.3. The molecule has 2 aromatic carbocycles. The molecule has 142 valence electrons. The summed E-state index contributed by atoms with van der Waals surface area (Å²) in [5.41, 5.74) is 2.20. The summed E-state index contributed by atoms with van der Waals surface area (Å²) in [6.07, 6.45) is 0. The molecule has 1 aromatic heterocycles. The molecule has 1 aliphatic heterocycles. The number of hydrogen-bond donors (Lipinski definition) is 1. The number of hydrogen-bond acceptors (Lipinski definition) is 4. The summed E-state index contributed by atoms with van der Waals surface area (Å²) in [7, 11) is 0. The standard InChI is InChI=1S/C22H22N4O2/c1-16(27)23-19-7-4-6-18(15-19)22(28)26-13-11-25(12-14-26)21-10-9-17-5-2-3-8-20(17)24-21/h2-10,15H,11-14H2,1H3,(H,23,27). The van der Waals surface area contributed by atoms with E-state index in [1.165, 1.54) is 6.92 Å². The van der Waals surface area contributed by atoms with Gasteiger partial charge in [0.05, 0.1) is 5.52 Å². The Bertz CT molecular complexity index is 1030. The van der Waals surface area contributed by atoms with Crippen LogP contribution < -0.4 is 10.2 Å². The maximum atomic E-state index is 12.8. The molecule has 1 N–H and O–H groups in total. The Morgan fingerprint density at radius 2 is 1.71 bits per heavy atom. The van der Waals surface area contributed by atoms with Gasteiger partial charge in [0.25, 0.3) is 5.91 Å². The third kappa shape index (κ3) is 3.81. The van der Waals surface area contributed by atoms with Crippen LogP contribution in [0.3, 0.4) is 0 Å². The van der Waals surface area contributed by atoms with E-state index in [0.29, 0.717) is 24.3 Å². The Morgan fingerprint density at radius 3 is 2.50 bits per heavy atom. The molecule has 0 unspecified atom stereocenters. The van der Waals surface area contributed by atoms with Gasteiger partial charge in [-0.2, -0.15) is 0 Å². The predicted octanol–water partition coefficient (Wildman–Crippen LogP) is 3.16. The number of aromatic nitrogens is 1. The number of nitrogens with zero attached hydrogens (tertiary/aromatic N) is 3. The Balaban J connectivity index is 1.43. The first-order valence-electron chi connectivity index (χ1n) is 9.38. The van der Waals surface area contributed by atoms with Gasteiger partial charge in [0.2, 0.25) is 5.91 Å². The first kappa shape index (κ1) is 18.0. The minimum Gasteiger partial charge on any atom is -0.353 e. The van der Waals surface area contributed by atoms with Crippen molar-refractivity contribution in [3.8, 4) is 0 Å². The first-order valence-corrected chi connectivity index (χ1v) is 9.38. The summed E-state index contributed by atoms with van der Waals surface area (Å²) in [5.74, 6) is 0.776. The number of pyridine rings is 1. The number of carbonyl (C=O) groups is 2. The average molecular weight is 374 g/mol. The smallest absolute Gasteiger partial charge is 0.254 e. The van der Waals surface area contributed by atoms with E-state index in [1.54, 1.807) is 24.3 Å². The van der Waals surface area contributed by atoms with Crippen molar-refractivity contribution in [3.63, 3.8) is 0 Å². The zero-order valence-corrected chi connectivity index (χ0v) is 15.8. The van der Waals surface area contributed by atoms with Gasteiger partial charge in [0.15, 0.2) is 0 Å².